The topological polar surface area (TPSA) is 3.24 Å². The molecule has 0 aromatic heterocycles. The molecule has 0 radical (unpaired) electrons. The SMILES string of the molecule is c1ccc(-c2ccc(N(c3ccc(-c4cc5ccccc5cc4-c4ccccc4)cc3)c3ccc4ccc5ccccc5c4c3)cc2-c2ccccc2)cc1. The maximum Gasteiger partial charge on any atom is 0.0468 e. The molecule has 0 unspecified atom stereocenters. The molecule has 0 aliphatic rings. The van der Waals surface area contributed by atoms with Gasteiger partial charge in [0.15, 0.2) is 0 Å². The van der Waals surface area contributed by atoms with Crippen molar-refractivity contribution in [3.05, 3.63) is 224 Å². The number of rotatable bonds is 7. The van der Waals surface area contributed by atoms with Gasteiger partial charge in [0.2, 0.25) is 0 Å². The summed E-state index contributed by atoms with van der Waals surface area (Å²) in [6.07, 6.45) is 0. The number of hydrogen-bond donors (Lipinski definition) is 0. The van der Waals surface area contributed by atoms with E-state index in [-0.39, 0.29) is 0 Å². The van der Waals surface area contributed by atoms with E-state index in [9.17, 15) is 0 Å². The Morgan fingerprint density at radius 3 is 1.22 bits per heavy atom. The summed E-state index contributed by atoms with van der Waals surface area (Å²) in [4.78, 5) is 2.41. The highest BCUT2D eigenvalue weighted by Crippen LogP contribution is 2.43. The summed E-state index contributed by atoms with van der Waals surface area (Å²) in [5, 5.41) is 7.44. The van der Waals surface area contributed by atoms with E-state index in [0.29, 0.717) is 0 Å². The number of fused-ring (bicyclic) bond motifs is 4. The molecule has 1 nitrogen and oxygen atoms in total. The fraction of sp³-hybridized carbons (Fsp3) is 0. The Morgan fingerprint density at radius 2 is 0.618 bits per heavy atom. The van der Waals surface area contributed by atoms with E-state index in [4.69, 9.17) is 0 Å². The van der Waals surface area contributed by atoms with Crippen molar-refractivity contribution in [1.29, 1.82) is 0 Å². The molecule has 0 aliphatic carbocycles. The molecule has 0 N–H and O–H groups in total. The van der Waals surface area contributed by atoms with Crippen LogP contribution in [0.15, 0.2) is 224 Å². The summed E-state index contributed by atoms with van der Waals surface area (Å²) in [7, 11) is 0. The van der Waals surface area contributed by atoms with E-state index >= 15 is 0 Å². The minimum absolute atomic E-state index is 1.09. The van der Waals surface area contributed by atoms with Crippen molar-refractivity contribution in [2.75, 3.05) is 4.90 Å². The third-order valence-electron chi connectivity index (χ3n) is 10.8. The smallest absolute Gasteiger partial charge is 0.0468 e. The number of anilines is 3. The van der Waals surface area contributed by atoms with Crippen LogP contribution in [-0.2, 0) is 0 Å². The maximum atomic E-state index is 2.41. The van der Waals surface area contributed by atoms with Crippen LogP contribution in [0.5, 0.6) is 0 Å². The Hall–Kier alpha value is -7.22. The van der Waals surface area contributed by atoms with Crippen LogP contribution in [0.1, 0.15) is 0 Å². The molecular formula is C54H37N. The van der Waals surface area contributed by atoms with E-state index in [1.807, 2.05) is 0 Å². The van der Waals surface area contributed by atoms with Crippen LogP contribution in [0.3, 0.4) is 0 Å². The van der Waals surface area contributed by atoms with E-state index < -0.39 is 0 Å². The second-order valence-electron chi connectivity index (χ2n) is 14.1. The quantitative estimate of drug-likeness (QED) is 0.150. The second-order valence-corrected chi connectivity index (χ2v) is 14.1. The Balaban J connectivity index is 1.17. The second kappa shape index (κ2) is 14.0. The van der Waals surface area contributed by atoms with Crippen molar-refractivity contribution in [2.45, 2.75) is 0 Å². The first-order valence-electron chi connectivity index (χ1n) is 18.9. The average Bonchev–Trinajstić information content (AvgIpc) is 3.27. The van der Waals surface area contributed by atoms with E-state index in [1.54, 1.807) is 0 Å². The van der Waals surface area contributed by atoms with Crippen molar-refractivity contribution >= 4 is 49.4 Å². The van der Waals surface area contributed by atoms with Crippen molar-refractivity contribution < 1.29 is 0 Å². The van der Waals surface area contributed by atoms with Gasteiger partial charge in [0.25, 0.3) is 0 Å². The molecule has 10 aromatic carbocycles. The molecule has 55 heavy (non-hydrogen) atoms. The summed E-state index contributed by atoms with van der Waals surface area (Å²) in [6, 6.07) is 81.5. The minimum atomic E-state index is 1.09. The van der Waals surface area contributed by atoms with Crippen molar-refractivity contribution in [1.82, 2.24) is 0 Å². The van der Waals surface area contributed by atoms with Crippen LogP contribution < -0.4 is 4.90 Å². The van der Waals surface area contributed by atoms with E-state index in [0.717, 1.165) is 17.1 Å². The first-order chi connectivity index (χ1) is 27.3. The van der Waals surface area contributed by atoms with Gasteiger partial charge in [-0.25, -0.2) is 0 Å². The summed E-state index contributed by atoms with van der Waals surface area (Å²) in [6.45, 7) is 0. The molecule has 0 saturated heterocycles. The largest absolute Gasteiger partial charge is 0.310 e. The Kier molecular flexibility index (Phi) is 8.24. The summed E-state index contributed by atoms with van der Waals surface area (Å²) >= 11 is 0. The van der Waals surface area contributed by atoms with Crippen molar-refractivity contribution in [3.8, 4) is 44.5 Å². The van der Waals surface area contributed by atoms with Gasteiger partial charge in [0.1, 0.15) is 0 Å². The number of hydrogen-bond acceptors (Lipinski definition) is 1. The molecule has 0 spiro atoms. The monoisotopic (exact) mass is 699 g/mol. The first kappa shape index (κ1) is 32.4. The maximum absolute atomic E-state index is 2.41. The Morgan fingerprint density at radius 1 is 0.218 bits per heavy atom. The van der Waals surface area contributed by atoms with Gasteiger partial charge < -0.3 is 4.90 Å². The van der Waals surface area contributed by atoms with E-state index in [2.05, 4.69) is 229 Å². The van der Waals surface area contributed by atoms with Crippen LogP contribution in [0.25, 0.3) is 76.8 Å². The third-order valence-corrected chi connectivity index (χ3v) is 10.8. The molecule has 0 bridgehead atoms. The number of benzene rings is 10. The molecule has 1 heteroatoms. The van der Waals surface area contributed by atoms with Gasteiger partial charge in [0.05, 0.1) is 0 Å². The molecule has 10 aromatic rings. The minimum Gasteiger partial charge on any atom is -0.310 e. The molecule has 0 heterocycles. The fourth-order valence-corrected chi connectivity index (χ4v) is 8.10. The van der Waals surface area contributed by atoms with Gasteiger partial charge in [-0.15, -0.1) is 0 Å². The van der Waals surface area contributed by atoms with Gasteiger partial charge in [-0.05, 0) is 125 Å². The lowest BCUT2D eigenvalue weighted by molar-refractivity contribution is 1.29. The van der Waals surface area contributed by atoms with Crippen LogP contribution >= 0.6 is 0 Å². The summed E-state index contributed by atoms with van der Waals surface area (Å²) in [5.41, 5.74) is 12.9. The lowest BCUT2D eigenvalue weighted by Gasteiger charge is -2.27. The number of nitrogens with zero attached hydrogens (tertiary/aromatic N) is 1. The molecule has 0 aliphatic heterocycles. The molecule has 0 fully saturated rings. The van der Waals surface area contributed by atoms with Crippen molar-refractivity contribution in [3.63, 3.8) is 0 Å². The molecule has 0 saturated carbocycles. The zero-order chi connectivity index (χ0) is 36.6. The highest BCUT2D eigenvalue weighted by Gasteiger charge is 2.18. The first-order valence-corrected chi connectivity index (χ1v) is 18.9. The van der Waals surface area contributed by atoms with Crippen LogP contribution in [-0.4, -0.2) is 0 Å². The molecular weight excluding hydrogens is 663 g/mol. The standard InChI is InChI=1S/C54H37N/c1-4-14-38(15-5-1)50-33-32-48(37-53(50)40-18-8-3-9-19-40)55(47-31-28-42-25-24-41-20-12-13-23-49(41)54(42)36-47)46-29-26-43(27-30-46)52-35-45-22-11-10-21-44(45)34-51(52)39-16-6-2-7-17-39/h1-37H. The van der Waals surface area contributed by atoms with Gasteiger partial charge in [-0.3, -0.25) is 0 Å². The van der Waals surface area contributed by atoms with Crippen molar-refractivity contribution in [2.24, 2.45) is 0 Å². The summed E-state index contributed by atoms with van der Waals surface area (Å²) < 4.78 is 0. The van der Waals surface area contributed by atoms with Crippen LogP contribution in [0.2, 0.25) is 0 Å². The van der Waals surface area contributed by atoms with Gasteiger partial charge in [-0.2, -0.15) is 0 Å². The highest BCUT2D eigenvalue weighted by atomic mass is 15.1. The predicted octanol–water partition coefficient (Wildman–Crippen LogP) is 15.3. The summed E-state index contributed by atoms with van der Waals surface area (Å²) in [5.74, 6) is 0. The molecule has 258 valence electrons. The molecule has 0 amide bonds. The van der Waals surface area contributed by atoms with Crippen LogP contribution in [0.4, 0.5) is 17.1 Å². The zero-order valence-corrected chi connectivity index (χ0v) is 30.3. The van der Waals surface area contributed by atoms with Gasteiger partial charge >= 0.3 is 0 Å². The van der Waals surface area contributed by atoms with Crippen LogP contribution in [0, 0.1) is 0 Å². The Labute approximate surface area is 322 Å². The van der Waals surface area contributed by atoms with Gasteiger partial charge in [-0.1, -0.05) is 176 Å². The van der Waals surface area contributed by atoms with E-state index in [1.165, 1.54) is 76.8 Å². The van der Waals surface area contributed by atoms with Gasteiger partial charge in [0, 0.05) is 17.1 Å². The molecule has 0 atom stereocenters. The zero-order valence-electron chi connectivity index (χ0n) is 30.3. The lowest BCUT2D eigenvalue weighted by atomic mass is 9.91. The normalized spacial score (nSPS) is 11.3. The Bertz CT molecular complexity index is 2950. The molecule has 10 rings (SSSR count). The fourth-order valence-electron chi connectivity index (χ4n) is 8.10. The third kappa shape index (κ3) is 6.12. The predicted molar refractivity (Wildman–Crippen MR) is 235 cm³/mol. The highest BCUT2D eigenvalue weighted by molar-refractivity contribution is 6.09. The lowest BCUT2D eigenvalue weighted by Crippen LogP contribution is -2.10. The average molecular weight is 700 g/mol.